The average Bonchev–Trinajstić information content (AvgIpc) is 3.05. The number of nitrogens with zero attached hydrogens (tertiary/aromatic N) is 1. The number of benzene rings is 3. The molecule has 3 aliphatic carbocycles. The fourth-order valence-corrected chi connectivity index (χ4v) is 7.96. The summed E-state index contributed by atoms with van der Waals surface area (Å²) < 4.78 is 11.8. The van der Waals surface area contributed by atoms with Gasteiger partial charge in [-0.3, -0.25) is 14.5 Å². The van der Waals surface area contributed by atoms with E-state index >= 15 is 0 Å². The van der Waals surface area contributed by atoms with Crippen LogP contribution in [0.3, 0.4) is 0 Å². The van der Waals surface area contributed by atoms with Gasteiger partial charge in [0, 0.05) is 0 Å². The molecule has 2 unspecified atom stereocenters. The van der Waals surface area contributed by atoms with Crippen LogP contribution in [0.2, 0.25) is 0 Å². The molecule has 1 aliphatic heterocycles. The number of carbonyl (C=O) groups is 2. The molecule has 3 aromatic rings. The predicted molar refractivity (Wildman–Crippen MR) is 121 cm³/mol. The summed E-state index contributed by atoms with van der Waals surface area (Å²) in [6.45, 7) is 0.129. The zero-order valence-corrected chi connectivity index (χ0v) is 19.4. The van der Waals surface area contributed by atoms with Gasteiger partial charge in [0.1, 0.15) is 5.82 Å². The van der Waals surface area contributed by atoms with Gasteiger partial charge < -0.3 is 0 Å². The van der Waals surface area contributed by atoms with Crippen molar-refractivity contribution < 1.29 is 14.0 Å². The lowest BCUT2D eigenvalue weighted by molar-refractivity contribution is -0.140. The average molecular weight is 541 g/mol. The number of imide groups is 1. The molecular weight excluding hydrogens is 525 g/mol. The van der Waals surface area contributed by atoms with Crippen LogP contribution < -0.4 is 0 Å². The molecule has 0 N–H and O–H groups in total. The summed E-state index contributed by atoms with van der Waals surface area (Å²) in [7, 11) is 0. The Hall–Kier alpha value is -2.31. The maximum absolute atomic E-state index is 13.8. The summed E-state index contributed by atoms with van der Waals surface area (Å²) in [4.78, 5) is 28.9. The summed E-state index contributed by atoms with van der Waals surface area (Å²) in [5.74, 6) is -1.92. The molecule has 3 nitrogen and oxygen atoms in total. The largest absolute Gasteiger partial charge is 0.277 e. The molecule has 1 fully saturated rings. The first-order valence-electron chi connectivity index (χ1n) is 10.1. The maximum Gasteiger partial charge on any atom is 0.235 e. The minimum atomic E-state index is -0.787. The van der Waals surface area contributed by atoms with Gasteiger partial charge in [-0.2, -0.15) is 0 Å². The van der Waals surface area contributed by atoms with Gasteiger partial charge in [-0.15, -0.1) is 0 Å². The fourth-order valence-electron chi connectivity index (χ4n) is 5.65. The van der Waals surface area contributed by atoms with Crippen LogP contribution in [0.15, 0.2) is 72.8 Å². The van der Waals surface area contributed by atoms with E-state index in [-0.39, 0.29) is 24.2 Å². The fraction of sp³-hybridized carbons (Fsp3) is 0.200. The van der Waals surface area contributed by atoms with Gasteiger partial charge in [0.2, 0.25) is 11.8 Å². The van der Waals surface area contributed by atoms with E-state index < -0.39 is 20.5 Å². The summed E-state index contributed by atoms with van der Waals surface area (Å²) in [6, 6.07) is 21.9. The first-order valence-corrected chi connectivity index (χ1v) is 11.6. The molecule has 3 aromatic carbocycles. The van der Waals surface area contributed by atoms with Gasteiger partial charge in [-0.1, -0.05) is 92.5 Å². The Balaban J connectivity index is 1.56. The number of hydrogen-bond donors (Lipinski definition) is 0. The number of likely N-dealkylation sites (tertiary alicyclic amines) is 1. The van der Waals surface area contributed by atoms with E-state index in [9.17, 15) is 14.0 Å². The lowest BCUT2D eigenvalue weighted by Crippen LogP contribution is -2.56. The molecule has 2 amide bonds. The van der Waals surface area contributed by atoms with Gasteiger partial charge in [0.05, 0.1) is 27.0 Å². The lowest BCUT2D eigenvalue weighted by Gasteiger charge is -2.55. The van der Waals surface area contributed by atoms with Crippen LogP contribution in [-0.4, -0.2) is 16.7 Å². The molecule has 4 aliphatic rings. The molecule has 7 rings (SSSR count). The normalized spacial score (nSPS) is 30.2. The van der Waals surface area contributed by atoms with Crippen LogP contribution in [0.1, 0.15) is 27.8 Å². The van der Waals surface area contributed by atoms with Crippen molar-refractivity contribution in [2.24, 2.45) is 11.8 Å². The summed E-state index contributed by atoms with van der Waals surface area (Å²) >= 11 is 7.96. The van der Waals surface area contributed by atoms with Crippen molar-refractivity contribution in [3.8, 4) is 0 Å². The Bertz CT molecular complexity index is 1150. The van der Waals surface area contributed by atoms with Crippen LogP contribution in [0.25, 0.3) is 0 Å². The van der Waals surface area contributed by atoms with Crippen molar-refractivity contribution in [1.29, 1.82) is 0 Å². The van der Waals surface area contributed by atoms with E-state index in [1.54, 1.807) is 12.1 Å². The Morgan fingerprint density at radius 2 is 1.10 bits per heavy atom. The quantitative estimate of drug-likeness (QED) is 0.329. The van der Waals surface area contributed by atoms with Crippen molar-refractivity contribution >= 4 is 43.7 Å². The molecule has 2 bridgehead atoms. The third-order valence-electron chi connectivity index (χ3n) is 6.93. The summed E-state index contributed by atoms with van der Waals surface area (Å²) in [5.41, 5.74) is 4.76. The van der Waals surface area contributed by atoms with Crippen LogP contribution in [0.4, 0.5) is 4.39 Å². The molecule has 0 saturated carbocycles. The minimum absolute atomic E-state index is 0.129. The molecule has 0 aromatic heterocycles. The molecule has 1 saturated heterocycles. The van der Waals surface area contributed by atoms with E-state index in [1.807, 2.05) is 48.5 Å². The van der Waals surface area contributed by atoms with Crippen LogP contribution in [0, 0.1) is 17.7 Å². The Labute approximate surface area is 195 Å². The van der Waals surface area contributed by atoms with Crippen LogP contribution in [0.5, 0.6) is 0 Å². The first kappa shape index (κ1) is 19.4. The second-order valence-corrected chi connectivity index (χ2v) is 10.9. The van der Waals surface area contributed by atoms with Crippen molar-refractivity contribution in [1.82, 2.24) is 4.90 Å². The maximum atomic E-state index is 13.8. The molecule has 6 heteroatoms. The summed E-state index contributed by atoms with van der Waals surface area (Å²) in [5, 5.41) is 0. The SMILES string of the molecule is O=C1C2C(C(=O)N1Cc1ccc(F)cc1)C1(Br)c3ccccc3C2(Br)c2ccccc21. The van der Waals surface area contributed by atoms with Gasteiger partial charge >= 0.3 is 0 Å². The van der Waals surface area contributed by atoms with E-state index in [1.165, 1.54) is 17.0 Å². The van der Waals surface area contributed by atoms with Crippen molar-refractivity contribution in [3.63, 3.8) is 0 Å². The third kappa shape index (κ3) is 2.27. The second kappa shape index (κ2) is 6.36. The number of rotatable bonds is 2. The van der Waals surface area contributed by atoms with Crippen molar-refractivity contribution in [2.75, 3.05) is 0 Å². The molecule has 154 valence electrons. The number of hydrogen-bond acceptors (Lipinski definition) is 2. The number of amides is 2. The van der Waals surface area contributed by atoms with E-state index in [4.69, 9.17) is 0 Å². The zero-order chi connectivity index (χ0) is 21.5. The minimum Gasteiger partial charge on any atom is -0.277 e. The van der Waals surface area contributed by atoms with Gasteiger partial charge in [-0.05, 0) is 39.9 Å². The highest BCUT2D eigenvalue weighted by Crippen LogP contribution is 2.70. The zero-order valence-electron chi connectivity index (χ0n) is 16.2. The van der Waals surface area contributed by atoms with Gasteiger partial charge in [0.25, 0.3) is 0 Å². The topological polar surface area (TPSA) is 37.4 Å². The van der Waals surface area contributed by atoms with Gasteiger partial charge in [0.15, 0.2) is 0 Å². The van der Waals surface area contributed by atoms with E-state index in [0.717, 1.165) is 27.8 Å². The predicted octanol–water partition coefficient (Wildman–Crippen LogP) is 5.23. The number of alkyl halides is 2. The number of halogens is 3. The smallest absolute Gasteiger partial charge is 0.235 e. The van der Waals surface area contributed by atoms with Crippen molar-refractivity contribution in [3.05, 3.63) is 106 Å². The lowest BCUT2D eigenvalue weighted by atomic mass is 9.54. The number of carbonyl (C=O) groups excluding carboxylic acids is 2. The van der Waals surface area contributed by atoms with Gasteiger partial charge in [-0.25, -0.2) is 4.39 Å². The summed E-state index contributed by atoms with van der Waals surface area (Å²) in [6.07, 6.45) is 0. The van der Waals surface area contributed by atoms with Crippen molar-refractivity contribution in [2.45, 2.75) is 15.2 Å². The molecule has 31 heavy (non-hydrogen) atoms. The molecular formula is C25H16Br2FNO2. The van der Waals surface area contributed by atoms with E-state index in [2.05, 4.69) is 31.9 Å². The Morgan fingerprint density at radius 3 is 1.48 bits per heavy atom. The van der Waals surface area contributed by atoms with Crippen LogP contribution >= 0.6 is 31.9 Å². The standard InChI is InChI=1S/C25H16Br2FNO2/c26-24-16-5-1-2-6-17(16)25(27,19-8-4-3-7-18(19)24)21-20(24)22(30)29(23(21)31)13-14-9-11-15(28)12-10-14/h1-12,20-21H,13H2. The highest BCUT2D eigenvalue weighted by molar-refractivity contribution is 9.10. The molecule has 0 radical (unpaired) electrons. The molecule has 1 heterocycles. The third-order valence-corrected chi connectivity index (χ3v) is 9.63. The highest BCUT2D eigenvalue weighted by Gasteiger charge is 2.72. The molecule has 0 spiro atoms. The Morgan fingerprint density at radius 1 is 0.710 bits per heavy atom. The van der Waals surface area contributed by atoms with E-state index in [0.29, 0.717) is 0 Å². The highest BCUT2D eigenvalue weighted by atomic mass is 79.9. The van der Waals surface area contributed by atoms with Crippen LogP contribution in [-0.2, 0) is 24.8 Å². The monoisotopic (exact) mass is 539 g/mol. The Kier molecular flexibility index (Phi) is 3.98. The second-order valence-electron chi connectivity index (χ2n) is 8.36. The first-order chi connectivity index (χ1) is 14.9. The molecule has 2 atom stereocenters.